The van der Waals surface area contributed by atoms with Gasteiger partial charge in [-0.15, -0.1) is 0 Å². The Hall–Kier alpha value is -3.33. The van der Waals surface area contributed by atoms with Gasteiger partial charge in [-0.3, -0.25) is 4.79 Å². The molecule has 1 heterocycles. The van der Waals surface area contributed by atoms with Crippen LogP contribution in [0.5, 0.6) is 5.75 Å². The lowest BCUT2D eigenvalue weighted by Gasteiger charge is -2.39. The van der Waals surface area contributed by atoms with Crippen LogP contribution in [0, 0.1) is 0 Å². The fourth-order valence-corrected chi connectivity index (χ4v) is 3.84. The molecule has 3 aromatic carbocycles. The lowest BCUT2D eigenvalue weighted by Crippen LogP contribution is -2.31. The molecule has 3 aromatic rings. The summed E-state index contributed by atoms with van der Waals surface area (Å²) in [6.45, 7) is 1.66. The van der Waals surface area contributed by atoms with Crippen LogP contribution in [0.1, 0.15) is 36.1 Å². The summed E-state index contributed by atoms with van der Waals surface area (Å²) < 4.78 is 5.33. The van der Waals surface area contributed by atoms with Gasteiger partial charge in [0.1, 0.15) is 11.5 Å². The highest BCUT2D eigenvalue weighted by Gasteiger charge is 2.31. The first-order chi connectivity index (χ1) is 13.7. The van der Waals surface area contributed by atoms with E-state index >= 15 is 0 Å². The predicted molar refractivity (Wildman–Crippen MR) is 114 cm³/mol. The highest BCUT2D eigenvalue weighted by atomic mass is 16.5. The van der Waals surface area contributed by atoms with Crippen LogP contribution in [-0.2, 0) is 4.79 Å². The minimum absolute atomic E-state index is 0.0534. The van der Waals surface area contributed by atoms with Gasteiger partial charge in [-0.25, -0.2) is 0 Å². The van der Waals surface area contributed by atoms with E-state index in [9.17, 15) is 4.79 Å². The molecule has 0 saturated carbocycles. The van der Waals surface area contributed by atoms with Crippen LogP contribution < -0.4 is 9.64 Å². The average molecular weight is 369 g/mol. The van der Waals surface area contributed by atoms with Crippen molar-refractivity contribution in [1.82, 2.24) is 0 Å². The highest BCUT2D eigenvalue weighted by molar-refractivity contribution is 5.95. The summed E-state index contributed by atoms with van der Waals surface area (Å²) in [5.74, 6) is 0.988. The molecule has 0 radical (unpaired) electrons. The van der Waals surface area contributed by atoms with Crippen molar-refractivity contribution in [1.29, 1.82) is 0 Å². The predicted octanol–water partition coefficient (Wildman–Crippen LogP) is 5.73. The zero-order chi connectivity index (χ0) is 19.5. The molecular formula is C25H23NO2. The molecule has 1 aliphatic rings. The Morgan fingerprint density at radius 1 is 0.929 bits per heavy atom. The number of benzene rings is 3. The fourth-order valence-electron chi connectivity index (χ4n) is 3.84. The van der Waals surface area contributed by atoms with Crippen molar-refractivity contribution in [2.24, 2.45) is 0 Å². The maximum Gasteiger partial charge on any atom is 0.132 e. The molecular weight excluding hydrogens is 346 g/mol. The van der Waals surface area contributed by atoms with Crippen molar-refractivity contribution < 1.29 is 9.53 Å². The first-order valence-corrected chi connectivity index (χ1v) is 9.46. The van der Waals surface area contributed by atoms with Gasteiger partial charge in [0.25, 0.3) is 0 Å². The number of nitrogens with zero attached hydrogens (tertiary/aromatic N) is 1. The second kappa shape index (κ2) is 7.73. The van der Waals surface area contributed by atoms with Gasteiger partial charge in [-0.05, 0) is 54.0 Å². The molecule has 1 unspecified atom stereocenters. The molecule has 140 valence electrons. The summed E-state index contributed by atoms with van der Waals surface area (Å²) in [6.07, 6.45) is 2.67. The molecule has 0 amide bonds. The van der Waals surface area contributed by atoms with E-state index in [-0.39, 0.29) is 11.8 Å². The van der Waals surface area contributed by atoms with Gasteiger partial charge in [0.2, 0.25) is 0 Å². The van der Waals surface area contributed by atoms with E-state index in [2.05, 4.69) is 47.4 Å². The minimum atomic E-state index is -0.0534. The molecule has 4 rings (SSSR count). The molecule has 0 spiro atoms. The largest absolute Gasteiger partial charge is 0.497 e. The van der Waals surface area contributed by atoms with Crippen molar-refractivity contribution in [2.75, 3.05) is 12.0 Å². The molecule has 1 aliphatic heterocycles. The molecule has 0 aromatic heterocycles. The monoisotopic (exact) mass is 369 g/mol. The van der Waals surface area contributed by atoms with E-state index in [4.69, 9.17) is 4.74 Å². The fraction of sp³-hybridized carbons (Fsp3) is 0.160. The van der Waals surface area contributed by atoms with Crippen LogP contribution in [0.3, 0.4) is 0 Å². The standard InChI is InChI=1S/C25H23NO2/c1-18(27)16-25-23-11-7-6-10-20(23)17-24(19-8-4-3-5-9-19)26(25)21-12-14-22(28-2)15-13-21/h3-15,17,25H,16H2,1-2H3. The van der Waals surface area contributed by atoms with E-state index < -0.39 is 0 Å². The maximum atomic E-state index is 12.2. The van der Waals surface area contributed by atoms with Crippen molar-refractivity contribution in [3.05, 3.63) is 95.6 Å². The normalized spacial score (nSPS) is 15.6. The van der Waals surface area contributed by atoms with Crippen LogP contribution in [0.25, 0.3) is 11.8 Å². The second-order valence-electron chi connectivity index (χ2n) is 7.01. The van der Waals surface area contributed by atoms with Gasteiger partial charge in [-0.1, -0.05) is 54.6 Å². The van der Waals surface area contributed by atoms with E-state index in [1.54, 1.807) is 14.0 Å². The van der Waals surface area contributed by atoms with Crippen LogP contribution in [0.2, 0.25) is 0 Å². The average Bonchev–Trinajstić information content (AvgIpc) is 2.74. The Labute approximate surface area is 165 Å². The maximum absolute atomic E-state index is 12.2. The van der Waals surface area contributed by atoms with Crippen LogP contribution in [0.15, 0.2) is 78.9 Å². The quantitative estimate of drug-likeness (QED) is 0.575. The van der Waals surface area contributed by atoms with Gasteiger partial charge in [0.05, 0.1) is 13.2 Å². The van der Waals surface area contributed by atoms with Crippen molar-refractivity contribution in [2.45, 2.75) is 19.4 Å². The van der Waals surface area contributed by atoms with E-state index in [0.717, 1.165) is 28.3 Å². The number of carbonyl (C=O) groups excluding carboxylic acids is 1. The van der Waals surface area contributed by atoms with Crippen LogP contribution in [-0.4, -0.2) is 12.9 Å². The van der Waals surface area contributed by atoms with Crippen LogP contribution >= 0.6 is 0 Å². The number of anilines is 1. The van der Waals surface area contributed by atoms with Crippen molar-refractivity contribution in [3.8, 4) is 5.75 Å². The molecule has 28 heavy (non-hydrogen) atoms. The third-order valence-electron chi connectivity index (χ3n) is 5.12. The molecule has 1 atom stereocenters. The van der Waals surface area contributed by atoms with Crippen molar-refractivity contribution in [3.63, 3.8) is 0 Å². The summed E-state index contributed by atoms with van der Waals surface area (Å²) in [5, 5.41) is 0. The Morgan fingerprint density at radius 2 is 1.61 bits per heavy atom. The molecule has 0 fully saturated rings. The molecule has 0 saturated heterocycles. The molecule has 3 heteroatoms. The Balaban J connectivity index is 1.91. The number of carbonyl (C=O) groups is 1. The Morgan fingerprint density at radius 3 is 2.29 bits per heavy atom. The summed E-state index contributed by atoms with van der Waals surface area (Å²) in [5.41, 5.74) is 5.60. The van der Waals surface area contributed by atoms with E-state index in [1.165, 1.54) is 5.56 Å². The van der Waals surface area contributed by atoms with Crippen molar-refractivity contribution >= 4 is 23.2 Å². The first kappa shape index (κ1) is 18.1. The topological polar surface area (TPSA) is 29.5 Å². The summed E-state index contributed by atoms with van der Waals surface area (Å²) in [6, 6.07) is 26.6. The third kappa shape index (κ3) is 3.44. The van der Waals surface area contributed by atoms with E-state index in [0.29, 0.717) is 6.42 Å². The number of rotatable bonds is 5. The molecule has 0 N–H and O–H groups in total. The lowest BCUT2D eigenvalue weighted by molar-refractivity contribution is -0.117. The van der Waals surface area contributed by atoms with E-state index in [1.807, 2.05) is 42.5 Å². The van der Waals surface area contributed by atoms with Gasteiger partial charge in [0, 0.05) is 17.8 Å². The minimum Gasteiger partial charge on any atom is -0.497 e. The number of hydrogen-bond donors (Lipinski definition) is 0. The third-order valence-corrected chi connectivity index (χ3v) is 5.12. The SMILES string of the molecule is COc1ccc(N2C(c3ccccc3)=Cc3ccccc3C2CC(C)=O)cc1. The van der Waals surface area contributed by atoms with Crippen LogP contribution in [0.4, 0.5) is 5.69 Å². The molecule has 0 aliphatic carbocycles. The summed E-state index contributed by atoms with van der Waals surface area (Å²) in [7, 11) is 1.67. The number of Topliss-reactive ketones (excluding diaryl/α,β-unsaturated/α-hetero) is 1. The zero-order valence-corrected chi connectivity index (χ0v) is 16.1. The Bertz CT molecular complexity index is 1010. The number of ether oxygens (including phenoxy) is 1. The summed E-state index contributed by atoms with van der Waals surface area (Å²) in [4.78, 5) is 14.5. The Kier molecular flexibility index (Phi) is 4.98. The lowest BCUT2D eigenvalue weighted by atomic mass is 9.88. The van der Waals surface area contributed by atoms with Gasteiger partial charge in [0.15, 0.2) is 0 Å². The smallest absolute Gasteiger partial charge is 0.132 e. The summed E-state index contributed by atoms with van der Waals surface area (Å²) >= 11 is 0. The number of methoxy groups -OCH3 is 1. The second-order valence-corrected chi connectivity index (χ2v) is 7.01. The first-order valence-electron chi connectivity index (χ1n) is 9.46. The number of hydrogen-bond acceptors (Lipinski definition) is 3. The van der Waals surface area contributed by atoms with Gasteiger partial charge >= 0.3 is 0 Å². The number of ketones is 1. The molecule has 0 bridgehead atoms. The number of fused-ring (bicyclic) bond motifs is 1. The van der Waals surface area contributed by atoms with Gasteiger partial charge < -0.3 is 9.64 Å². The highest BCUT2D eigenvalue weighted by Crippen LogP contribution is 2.43. The molecule has 3 nitrogen and oxygen atoms in total. The zero-order valence-electron chi connectivity index (χ0n) is 16.1. The van der Waals surface area contributed by atoms with Gasteiger partial charge in [-0.2, -0.15) is 0 Å².